The predicted molar refractivity (Wildman–Crippen MR) is 95.6 cm³/mol. The zero-order valence-electron chi connectivity index (χ0n) is 13.2. The van der Waals surface area contributed by atoms with Gasteiger partial charge in [0.25, 0.3) is 11.5 Å². The molecule has 1 amide bonds. The second-order valence-corrected chi connectivity index (χ2v) is 5.80. The zero-order valence-corrected chi connectivity index (χ0v) is 14.0. The highest BCUT2D eigenvalue weighted by Gasteiger charge is 2.12. The van der Waals surface area contributed by atoms with Crippen molar-refractivity contribution in [3.63, 3.8) is 0 Å². The Bertz CT molecular complexity index is 924. The molecular weight excluding hydrogens is 340 g/mol. The maximum atomic E-state index is 12.3. The molecular formula is C18H15ClN4O2. The summed E-state index contributed by atoms with van der Waals surface area (Å²) >= 11 is 5.84. The van der Waals surface area contributed by atoms with Crippen molar-refractivity contribution in [3.05, 3.63) is 81.4 Å². The third-order valence-corrected chi connectivity index (χ3v) is 3.89. The van der Waals surface area contributed by atoms with Crippen LogP contribution in [0.15, 0.2) is 59.7 Å². The zero-order chi connectivity index (χ0) is 17.6. The molecule has 0 bridgehead atoms. The third-order valence-electron chi connectivity index (χ3n) is 3.64. The lowest BCUT2D eigenvalue weighted by molar-refractivity contribution is 0.0952. The fourth-order valence-corrected chi connectivity index (χ4v) is 2.44. The van der Waals surface area contributed by atoms with Gasteiger partial charge in [-0.15, -0.1) is 0 Å². The molecule has 0 aliphatic rings. The number of H-pyrrole nitrogens is 1. The second-order valence-electron chi connectivity index (χ2n) is 5.36. The van der Waals surface area contributed by atoms with Gasteiger partial charge in [0.2, 0.25) is 0 Å². The summed E-state index contributed by atoms with van der Waals surface area (Å²) in [7, 11) is 0. The second kappa shape index (κ2) is 7.72. The molecule has 0 radical (unpaired) electrons. The van der Waals surface area contributed by atoms with Gasteiger partial charge in [0, 0.05) is 29.5 Å². The molecule has 6 nitrogen and oxygen atoms in total. The van der Waals surface area contributed by atoms with E-state index in [4.69, 9.17) is 11.6 Å². The van der Waals surface area contributed by atoms with E-state index in [0.717, 1.165) is 11.1 Å². The topological polar surface area (TPSA) is 87.7 Å². The number of pyridine rings is 1. The molecule has 2 aromatic heterocycles. The molecule has 0 fully saturated rings. The van der Waals surface area contributed by atoms with E-state index < -0.39 is 11.5 Å². The maximum Gasteiger partial charge on any atom is 0.277 e. The smallest absolute Gasteiger partial charge is 0.277 e. The van der Waals surface area contributed by atoms with Crippen molar-refractivity contribution in [2.75, 3.05) is 6.54 Å². The van der Waals surface area contributed by atoms with Crippen LogP contribution in [0.1, 0.15) is 15.9 Å². The highest BCUT2D eigenvalue weighted by molar-refractivity contribution is 6.30. The predicted octanol–water partition coefficient (Wildman–Crippen LogP) is 2.46. The summed E-state index contributed by atoms with van der Waals surface area (Å²) in [5.74, 6) is -0.437. The Hall–Kier alpha value is -2.99. The Labute approximate surface area is 148 Å². The van der Waals surface area contributed by atoms with E-state index in [1.165, 1.54) is 6.07 Å². The van der Waals surface area contributed by atoms with Crippen LogP contribution in [0.4, 0.5) is 0 Å². The van der Waals surface area contributed by atoms with E-state index in [0.29, 0.717) is 23.7 Å². The maximum absolute atomic E-state index is 12.3. The first-order chi connectivity index (χ1) is 12.1. The van der Waals surface area contributed by atoms with Gasteiger partial charge in [0.05, 0.1) is 5.69 Å². The summed E-state index contributed by atoms with van der Waals surface area (Å²) in [5, 5.41) is 9.75. The fourth-order valence-electron chi connectivity index (χ4n) is 2.31. The fraction of sp³-hybridized carbons (Fsp3) is 0.111. The van der Waals surface area contributed by atoms with Crippen molar-refractivity contribution in [1.82, 2.24) is 20.5 Å². The lowest BCUT2D eigenvalue weighted by atomic mass is 10.1. The summed E-state index contributed by atoms with van der Waals surface area (Å²) in [5.41, 5.74) is 1.82. The molecule has 3 aromatic rings. The van der Waals surface area contributed by atoms with E-state index in [-0.39, 0.29) is 5.56 Å². The lowest BCUT2D eigenvalue weighted by Gasteiger charge is -2.06. The number of nitrogens with one attached hydrogen (secondary N) is 2. The molecule has 1 aromatic carbocycles. The van der Waals surface area contributed by atoms with Gasteiger partial charge in [-0.2, -0.15) is 5.10 Å². The van der Waals surface area contributed by atoms with Crippen LogP contribution in [0.25, 0.3) is 11.3 Å². The number of amides is 1. The highest BCUT2D eigenvalue weighted by atomic mass is 35.5. The Morgan fingerprint density at radius 1 is 1.12 bits per heavy atom. The first-order valence-electron chi connectivity index (χ1n) is 7.66. The minimum Gasteiger partial charge on any atom is -0.352 e. The molecule has 0 saturated carbocycles. The molecule has 2 N–H and O–H groups in total. The van der Waals surface area contributed by atoms with Crippen LogP contribution >= 0.6 is 11.6 Å². The summed E-state index contributed by atoms with van der Waals surface area (Å²) in [4.78, 5) is 28.1. The van der Waals surface area contributed by atoms with E-state index in [2.05, 4.69) is 20.5 Å². The minimum atomic E-state index is -0.526. The molecule has 0 spiro atoms. The normalized spacial score (nSPS) is 10.4. The van der Waals surface area contributed by atoms with Gasteiger partial charge in [0.15, 0.2) is 0 Å². The van der Waals surface area contributed by atoms with Gasteiger partial charge in [-0.25, -0.2) is 5.10 Å². The lowest BCUT2D eigenvalue weighted by Crippen LogP contribution is -2.31. The Morgan fingerprint density at radius 3 is 2.56 bits per heavy atom. The average Bonchev–Trinajstić information content (AvgIpc) is 2.64. The molecule has 2 heterocycles. The Morgan fingerprint density at radius 2 is 1.84 bits per heavy atom. The monoisotopic (exact) mass is 354 g/mol. The molecule has 25 heavy (non-hydrogen) atoms. The number of benzene rings is 1. The summed E-state index contributed by atoms with van der Waals surface area (Å²) < 4.78 is 0. The van der Waals surface area contributed by atoms with Gasteiger partial charge < -0.3 is 5.32 Å². The van der Waals surface area contributed by atoms with Gasteiger partial charge >= 0.3 is 0 Å². The molecule has 0 aliphatic heterocycles. The molecule has 126 valence electrons. The molecule has 0 aliphatic carbocycles. The SMILES string of the molecule is O=C(NCCc1ccc(Cl)cc1)c1cc(-c2ccncc2)n[nH]c1=O. The molecule has 0 unspecified atom stereocenters. The quantitative estimate of drug-likeness (QED) is 0.736. The molecule has 0 saturated heterocycles. The number of aromatic nitrogens is 3. The van der Waals surface area contributed by atoms with E-state index in [1.54, 1.807) is 36.7 Å². The van der Waals surface area contributed by atoms with Crippen LogP contribution < -0.4 is 10.9 Å². The number of hydrogen-bond donors (Lipinski definition) is 2. The highest BCUT2D eigenvalue weighted by Crippen LogP contribution is 2.14. The summed E-state index contributed by atoms with van der Waals surface area (Å²) in [6.07, 6.45) is 3.88. The van der Waals surface area contributed by atoms with Crippen molar-refractivity contribution in [3.8, 4) is 11.3 Å². The molecule has 0 atom stereocenters. The van der Waals surface area contributed by atoms with Crippen molar-refractivity contribution < 1.29 is 4.79 Å². The average molecular weight is 355 g/mol. The molecule has 3 rings (SSSR count). The first kappa shape index (κ1) is 16.9. The van der Waals surface area contributed by atoms with Crippen molar-refractivity contribution >= 4 is 17.5 Å². The number of aromatic amines is 1. The van der Waals surface area contributed by atoms with Crippen LogP contribution in [0.5, 0.6) is 0 Å². The van der Waals surface area contributed by atoms with Crippen LogP contribution in [-0.2, 0) is 6.42 Å². The van der Waals surface area contributed by atoms with Gasteiger partial charge in [0.1, 0.15) is 5.56 Å². The summed E-state index contributed by atoms with van der Waals surface area (Å²) in [6.45, 7) is 0.410. The van der Waals surface area contributed by atoms with Gasteiger partial charge in [-0.3, -0.25) is 14.6 Å². The van der Waals surface area contributed by atoms with E-state index in [9.17, 15) is 9.59 Å². The number of carbonyl (C=O) groups is 1. The van der Waals surface area contributed by atoms with Crippen molar-refractivity contribution in [2.24, 2.45) is 0 Å². The third kappa shape index (κ3) is 4.30. The summed E-state index contributed by atoms with van der Waals surface area (Å²) in [6, 6.07) is 12.4. The van der Waals surface area contributed by atoms with E-state index >= 15 is 0 Å². The van der Waals surface area contributed by atoms with Gasteiger partial charge in [-0.05, 0) is 42.3 Å². The Balaban J connectivity index is 1.69. The van der Waals surface area contributed by atoms with Crippen molar-refractivity contribution in [1.29, 1.82) is 0 Å². The van der Waals surface area contributed by atoms with Crippen LogP contribution in [0.3, 0.4) is 0 Å². The number of halogens is 1. The number of carbonyl (C=O) groups excluding carboxylic acids is 1. The van der Waals surface area contributed by atoms with Crippen LogP contribution in [0, 0.1) is 0 Å². The Kier molecular flexibility index (Phi) is 5.20. The minimum absolute atomic E-state index is 0.0259. The standard InChI is InChI=1S/C18H15ClN4O2/c19-14-3-1-12(2-4-14)5-10-21-17(24)15-11-16(22-23-18(15)25)13-6-8-20-9-7-13/h1-4,6-9,11H,5,10H2,(H,21,24)(H,23,25). The van der Waals surface area contributed by atoms with Crippen molar-refractivity contribution in [2.45, 2.75) is 6.42 Å². The van der Waals surface area contributed by atoms with E-state index in [1.807, 2.05) is 12.1 Å². The van der Waals surface area contributed by atoms with Crippen LogP contribution in [-0.4, -0.2) is 27.6 Å². The van der Waals surface area contributed by atoms with Crippen LogP contribution in [0.2, 0.25) is 5.02 Å². The first-order valence-corrected chi connectivity index (χ1v) is 8.04. The number of rotatable bonds is 5. The largest absolute Gasteiger partial charge is 0.352 e. The number of hydrogen-bond acceptors (Lipinski definition) is 4. The molecule has 7 heteroatoms. The van der Waals surface area contributed by atoms with Gasteiger partial charge in [-0.1, -0.05) is 23.7 Å². The number of nitrogens with zero attached hydrogens (tertiary/aromatic N) is 2.